The highest BCUT2D eigenvalue weighted by atomic mass is 16.5. The third-order valence-electron chi connectivity index (χ3n) is 4.22. The third kappa shape index (κ3) is 3.14. The van der Waals surface area contributed by atoms with Crippen molar-refractivity contribution in [3.8, 4) is 0 Å². The van der Waals surface area contributed by atoms with Gasteiger partial charge in [-0.05, 0) is 25.2 Å². The minimum Gasteiger partial charge on any atom is -0.385 e. The first-order chi connectivity index (χ1) is 9.43. The molecule has 1 aliphatic rings. The van der Waals surface area contributed by atoms with Gasteiger partial charge in [0, 0.05) is 20.3 Å². The monoisotopic (exact) mass is 284 g/mol. The highest BCUT2D eigenvalue weighted by molar-refractivity contribution is 5.99. The summed E-state index contributed by atoms with van der Waals surface area (Å²) >= 11 is 0. The van der Waals surface area contributed by atoms with Gasteiger partial charge in [0.25, 0.3) is 0 Å². The maximum Gasteiger partial charge on any atom is 0.248 e. The molecule has 5 heteroatoms. The van der Waals surface area contributed by atoms with Crippen LogP contribution in [0.4, 0.5) is 0 Å². The number of carbonyl (C=O) groups excluding carboxylic acids is 2. The van der Waals surface area contributed by atoms with E-state index < -0.39 is 5.54 Å². The van der Waals surface area contributed by atoms with Crippen LogP contribution in [0.15, 0.2) is 0 Å². The van der Waals surface area contributed by atoms with Crippen LogP contribution in [0.25, 0.3) is 0 Å². The molecule has 116 valence electrons. The van der Waals surface area contributed by atoms with Gasteiger partial charge in [0.15, 0.2) is 0 Å². The molecule has 1 atom stereocenters. The van der Waals surface area contributed by atoms with Crippen molar-refractivity contribution in [2.75, 3.05) is 20.3 Å². The Hall–Kier alpha value is -1.10. The van der Waals surface area contributed by atoms with Crippen molar-refractivity contribution >= 4 is 11.8 Å². The molecule has 1 rings (SSSR count). The fraction of sp³-hybridized carbons (Fsp3) is 0.867. The standard InChI is InChI=1S/C15H28N2O3/c1-6-15(7-2)14(19)17(9-8-10-20-5)12(11(3)4)13(18)16-15/h11-12H,6-10H2,1-5H3,(H,16,18). The first-order valence-electron chi connectivity index (χ1n) is 7.55. The van der Waals surface area contributed by atoms with Crippen molar-refractivity contribution in [3.05, 3.63) is 0 Å². The van der Waals surface area contributed by atoms with Crippen LogP contribution in [0.5, 0.6) is 0 Å². The van der Waals surface area contributed by atoms with Crippen molar-refractivity contribution in [2.24, 2.45) is 5.92 Å². The van der Waals surface area contributed by atoms with E-state index >= 15 is 0 Å². The zero-order valence-corrected chi connectivity index (χ0v) is 13.4. The Morgan fingerprint density at radius 3 is 2.35 bits per heavy atom. The molecule has 0 saturated carbocycles. The molecule has 1 N–H and O–H groups in total. The van der Waals surface area contributed by atoms with Gasteiger partial charge >= 0.3 is 0 Å². The van der Waals surface area contributed by atoms with E-state index in [0.717, 1.165) is 6.42 Å². The predicted octanol–water partition coefficient (Wildman–Crippen LogP) is 1.56. The Labute approximate surface area is 122 Å². The molecule has 0 aromatic carbocycles. The van der Waals surface area contributed by atoms with Crippen LogP contribution < -0.4 is 5.32 Å². The molecule has 1 heterocycles. The summed E-state index contributed by atoms with van der Waals surface area (Å²) in [7, 11) is 1.65. The number of rotatable bonds is 7. The SMILES string of the molecule is CCC1(CC)NC(=O)C(C(C)C)N(CCCOC)C1=O. The van der Waals surface area contributed by atoms with Gasteiger partial charge in [-0.2, -0.15) is 0 Å². The molecule has 2 amide bonds. The summed E-state index contributed by atoms with van der Waals surface area (Å²) in [5.74, 6) is 0.130. The molecule has 1 fully saturated rings. The summed E-state index contributed by atoms with van der Waals surface area (Å²) in [6.07, 6.45) is 2.00. The van der Waals surface area contributed by atoms with E-state index in [2.05, 4.69) is 5.32 Å². The van der Waals surface area contributed by atoms with Gasteiger partial charge in [0.05, 0.1) is 0 Å². The summed E-state index contributed by atoms with van der Waals surface area (Å²) < 4.78 is 5.06. The topological polar surface area (TPSA) is 58.6 Å². The minimum atomic E-state index is -0.727. The van der Waals surface area contributed by atoms with Crippen molar-refractivity contribution in [1.82, 2.24) is 10.2 Å². The van der Waals surface area contributed by atoms with Crippen molar-refractivity contribution < 1.29 is 14.3 Å². The van der Waals surface area contributed by atoms with Crippen LogP contribution in [-0.4, -0.2) is 48.6 Å². The van der Waals surface area contributed by atoms with Crippen molar-refractivity contribution in [1.29, 1.82) is 0 Å². The van der Waals surface area contributed by atoms with Gasteiger partial charge in [0.1, 0.15) is 11.6 Å². The van der Waals surface area contributed by atoms with Gasteiger partial charge in [-0.3, -0.25) is 9.59 Å². The van der Waals surface area contributed by atoms with E-state index in [-0.39, 0.29) is 23.8 Å². The van der Waals surface area contributed by atoms with E-state index in [1.54, 1.807) is 12.0 Å². The molecule has 1 aliphatic heterocycles. The van der Waals surface area contributed by atoms with Crippen molar-refractivity contribution in [2.45, 2.75) is 58.5 Å². The molecule has 1 unspecified atom stereocenters. The Balaban J connectivity index is 3.01. The normalized spacial score (nSPS) is 22.3. The lowest BCUT2D eigenvalue weighted by molar-refractivity contribution is -0.157. The number of hydrogen-bond donors (Lipinski definition) is 1. The number of ether oxygens (including phenoxy) is 1. The lowest BCUT2D eigenvalue weighted by atomic mass is 9.85. The van der Waals surface area contributed by atoms with Gasteiger partial charge in [-0.1, -0.05) is 27.7 Å². The van der Waals surface area contributed by atoms with Crippen LogP contribution in [0.3, 0.4) is 0 Å². The predicted molar refractivity (Wildman–Crippen MR) is 78.3 cm³/mol. The Morgan fingerprint density at radius 1 is 1.30 bits per heavy atom. The van der Waals surface area contributed by atoms with Crippen LogP contribution in [0, 0.1) is 5.92 Å². The van der Waals surface area contributed by atoms with Crippen molar-refractivity contribution in [3.63, 3.8) is 0 Å². The number of methoxy groups -OCH3 is 1. The second-order valence-electron chi connectivity index (χ2n) is 5.81. The van der Waals surface area contributed by atoms with E-state index in [1.807, 2.05) is 27.7 Å². The van der Waals surface area contributed by atoms with Gasteiger partial charge in [0.2, 0.25) is 11.8 Å². The maximum absolute atomic E-state index is 12.8. The average molecular weight is 284 g/mol. The van der Waals surface area contributed by atoms with E-state index in [4.69, 9.17) is 4.74 Å². The fourth-order valence-electron chi connectivity index (χ4n) is 2.92. The van der Waals surface area contributed by atoms with E-state index in [9.17, 15) is 9.59 Å². The molecule has 20 heavy (non-hydrogen) atoms. The molecule has 1 saturated heterocycles. The molecular weight excluding hydrogens is 256 g/mol. The smallest absolute Gasteiger partial charge is 0.248 e. The Kier molecular flexibility index (Phi) is 5.99. The first kappa shape index (κ1) is 17.0. The molecule has 0 aromatic rings. The molecule has 0 bridgehead atoms. The van der Waals surface area contributed by atoms with Gasteiger partial charge in [-0.15, -0.1) is 0 Å². The van der Waals surface area contributed by atoms with Crippen LogP contribution >= 0.6 is 0 Å². The zero-order chi connectivity index (χ0) is 15.3. The quantitative estimate of drug-likeness (QED) is 0.722. The summed E-state index contributed by atoms with van der Waals surface area (Å²) in [6, 6.07) is -0.370. The van der Waals surface area contributed by atoms with E-state index in [0.29, 0.717) is 26.0 Å². The Bertz CT molecular complexity index is 351. The van der Waals surface area contributed by atoms with Gasteiger partial charge in [-0.25, -0.2) is 0 Å². The van der Waals surface area contributed by atoms with Crippen LogP contribution in [-0.2, 0) is 14.3 Å². The number of nitrogens with one attached hydrogen (secondary N) is 1. The number of amides is 2. The lowest BCUT2D eigenvalue weighted by Gasteiger charge is -2.46. The second-order valence-corrected chi connectivity index (χ2v) is 5.81. The summed E-state index contributed by atoms with van der Waals surface area (Å²) in [5.41, 5.74) is -0.727. The summed E-state index contributed by atoms with van der Waals surface area (Å²) in [4.78, 5) is 27.0. The first-order valence-corrected chi connectivity index (χ1v) is 7.55. The van der Waals surface area contributed by atoms with Crippen LogP contribution in [0.2, 0.25) is 0 Å². The molecular formula is C15H28N2O3. The fourth-order valence-corrected chi connectivity index (χ4v) is 2.92. The third-order valence-corrected chi connectivity index (χ3v) is 4.22. The highest BCUT2D eigenvalue weighted by Gasteiger charge is 2.49. The molecule has 0 radical (unpaired) electrons. The summed E-state index contributed by atoms with van der Waals surface area (Å²) in [5, 5.41) is 2.97. The number of hydrogen-bond acceptors (Lipinski definition) is 3. The van der Waals surface area contributed by atoms with E-state index in [1.165, 1.54) is 0 Å². The number of nitrogens with zero attached hydrogens (tertiary/aromatic N) is 1. The number of carbonyl (C=O) groups is 2. The summed E-state index contributed by atoms with van der Waals surface area (Å²) in [6.45, 7) is 9.03. The Morgan fingerprint density at radius 2 is 1.90 bits per heavy atom. The average Bonchev–Trinajstić information content (AvgIpc) is 2.42. The van der Waals surface area contributed by atoms with Gasteiger partial charge < -0.3 is 15.0 Å². The molecule has 0 aliphatic carbocycles. The largest absolute Gasteiger partial charge is 0.385 e. The second kappa shape index (κ2) is 7.07. The highest BCUT2D eigenvalue weighted by Crippen LogP contribution is 2.27. The van der Waals surface area contributed by atoms with Crippen LogP contribution in [0.1, 0.15) is 47.0 Å². The maximum atomic E-state index is 12.8. The molecule has 0 spiro atoms. The minimum absolute atomic E-state index is 0.0271. The lowest BCUT2D eigenvalue weighted by Crippen LogP contribution is -2.71. The number of piperazine rings is 1. The molecule has 0 aromatic heterocycles. The molecule has 5 nitrogen and oxygen atoms in total. The zero-order valence-electron chi connectivity index (χ0n) is 13.4.